The maximum atomic E-state index is 13.0. The molecule has 2 atom stereocenters. The van der Waals surface area contributed by atoms with Gasteiger partial charge < -0.3 is 0 Å². The number of imide groups is 1. The predicted octanol–water partition coefficient (Wildman–Crippen LogP) is 3.76. The van der Waals surface area contributed by atoms with Crippen molar-refractivity contribution in [2.24, 2.45) is 16.7 Å². The number of carbonyl (C=O) groups is 2. The summed E-state index contributed by atoms with van der Waals surface area (Å²) in [7, 11) is 0. The van der Waals surface area contributed by atoms with E-state index in [0.717, 1.165) is 17.3 Å². The summed E-state index contributed by atoms with van der Waals surface area (Å²) in [5.41, 5.74) is -0.0594. The normalized spacial score (nSPS) is 31.8. The second-order valence-corrected chi connectivity index (χ2v) is 7.43. The Morgan fingerprint density at radius 3 is 2.50 bits per heavy atom. The third kappa shape index (κ3) is 1.51. The van der Waals surface area contributed by atoms with E-state index < -0.39 is 5.41 Å². The molecule has 0 aromatic heterocycles. The monoisotopic (exact) mass is 335 g/mol. The van der Waals surface area contributed by atoms with Crippen LogP contribution in [0.4, 0.5) is 5.69 Å². The van der Waals surface area contributed by atoms with Gasteiger partial charge in [0.1, 0.15) is 0 Å². The molecular formula is C16H18BrNO2. The van der Waals surface area contributed by atoms with Gasteiger partial charge in [-0.1, -0.05) is 32.9 Å². The third-order valence-electron chi connectivity index (χ3n) is 5.51. The fourth-order valence-corrected chi connectivity index (χ4v) is 4.14. The lowest BCUT2D eigenvalue weighted by Gasteiger charge is -2.47. The minimum Gasteiger partial charge on any atom is -0.274 e. The van der Waals surface area contributed by atoms with Crippen LogP contribution in [0.25, 0.3) is 0 Å². The van der Waals surface area contributed by atoms with E-state index in [4.69, 9.17) is 0 Å². The first-order valence-electron chi connectivity index (χ1n) is 6.93. The molecule has 3 nitrogen and oxygen atoms in total. The first kappa shape index (κ1) is 13.8. The number of anilines is 1. The van der Waals surface area contributed by atoms with Gasteiger partial charge in [0.2, 0.25) is 11.8 Å². The standard InChI is InChI=1S/C16H18BrNO2/c1-15(2)10-8-9-16(15,3)14(20)18(13(10)19)12-7-5-4-6-11(12)17/h4-7,10H,8-9H2,1-3H3. The van der Waals surface area contributed by atoms with Crippen molar-refractivity contribution in [1.82, 2.24) is 0 Å². The molecule has 4 heteroatoms. The number of hydrogen-bond acceptors (Lipinski definition) is 2. The van der Waals surface area contributed by atoms with Crippen LogP contribution in [0.15, 0.2) is 28.7 Å². The molecule has 2 aliphatic rings. The van der Waals surface area contributed by atoms with Gasteiger partial charge in [-0.25, -0.2) is 4.90 Å². The van der Waals surface area contributed by atoms with Crippen molar-refractivity contribution in [2.45, 2.75) is 33.6 Å². The molecule has 1 heterocycles. The highest BCUT2D eigenvalue weighted by Crippen LogP contribution is 2.60. The summed E-state index contributed by atoms with van der Waals surface area (Å²) in [6.07, 6.45) is 1.59. The zero-order valence-electron chi connectivity index (χ0n) is 11.9. The predicted molar refractivity (Wildman–Crippen MR) is 81.2 cm³/mol. The number of rotatable bonds is 1. The largest absolute Gasteiger partial charge is 0.274 e. The molecule has 0 spiro atoms. The van der Waals surface area contributed by atoms with Crippen molar-refractivity contribution < 1.29 is 9.59 Å². The Kier molecular flexibility index (Phi) is 2.88. The number of para-hydroxylation sites is 1. The van der Waals surface area contributed by atoms with Crippen molar-refractivity contribution in [3.05, 3.63) is 28.7 Å². The number of nitrogens with zero attached hydrogens (tertiary/aromatic N) is 1. The fraction of sp³-hybridized carbons (Fsp3) is 0.500. The minimum atomic E-state index is -0.457. The van der Waals surface area contributed by atoms with E-state index in [0.29, 0.717) is 5.69 Å². The molecule has 2 bridgehead atoms. The summed E-state index contributed by atoms with van der Waals surface area (Å²) in [5.74, 6) is -0.188. The highest BCUT2D eigenvalue weighted by atomic mass is 79.9. The van der Waals surface area contributed by atoms with Crippen LogP contribution in [-0.4, -0.2) is 11.8 Å². The molecule has 1 aromatic rings. The molecule has 0 radical (unpaired) electrons. The Hall–Kier alpha value is -1.16. The Bertz CT molecular complexity index is 610. The first-order chi connectivity index (χ1) is 9.30. The van der Waals surface area contributed by atoms with Gasteiger partial charge in [-0.05, 0) is 46.3 Å². The summed E-state index contributed by atoms with van der Waals surface area (Å²) in [5, 5.41) is 0. The molecule has 1 saturated carbocycles. The first-order valence-corrected chi connectivity index (χ1v) is 7.73. The molecule has 1 aliphatic heterocycles. The van der Waals surface area contributed by atoms with E-state index in [9.17, 15) is 9.59 Å². The summed E-state index contributed by atoms with van der Waals surface area (Å²) < 4.78 is 0.782. The maximum absolute atomic E-state index is 13.0. The van der Waals surface area contributed by atoms with Gasteiger partial charge in [-0.15, -0.1) is 0 Å². The Balaban J connectivity index is 2.15. The number of piperidine rings is 1. The van der Waals surface area contributed by atoms with Crippen molar-refractivity contribution in [1.29, 1.82) is 0 Å². The summed E-state index contributed by atoms with van der Waals surface area (Å²) >= 11 is 3.45. The lowest BCUT2D eigenvalue weighted by molar-refractivity contribution is -0.146. The van der Waals surface area contributed by atoms with Crippen molar-refractivity contribution in [2.75, 3.05) is 4.90 Å². The Morgan fingerprint density at radius 2 is 1.85 bits per heavy atom. The highest BCUT2D eigenvalue weighted by molar-refractivity contribution is 9.10. The van der Waals surface area contributed by atoms with E-state index in [1.54, 1.807) is 0 Å². The van der Waals surface area contributed by atoms with E-state index in [1.165, 1.54) is 4.90 Å². The second-order valence-electron chi connectivity index (χ2n) is 6.58. The molecule has 0 N–H and O–H groups in total. The van der Waals surface area contributed by atoms with Crippen LogP contribution in [0.1, 0.15) is 33.6 Å². The second kappa shape index (κ2) is 4.17. The van der Waals surface area contributed by atoms with E-state index in [-0.39, 0.29) is 23.1 Å². The smallest absolute Gasteiger partial charge is 0.240 e. The lowest BCUT2D eigenvalue weighted by Crippen LogP contribution is -2.59. The number of carbonyl (C=O) groups excluding carboxylic acids is 2. The van der Waals surface area contributed by atoms with Gasteiger partial charge in [0, 0.05) is 10.4 Å². The van der Waals surface area contributed by atoms with Gasteiger partial charge in [-0.2, -0.15) is 0 Å². The van der Waals surface area contributed by atoms with Crippen LogP contribution in [0.2, 0.25) is 0 Å². The Morgan fingerprint density at radius 1 is 1.20 bits per heavy atom. The SMILES string of the molecule is CC12CCC(C(=O)N(c3ccccc3Br)C1=O)C2(C)C. The summed E-state index contributed by atoms with van der Waals surface area (Å²) in [6.45, 7) is 6.11. The van der Waals surface area contributed by atoms with Crippen LogP contribution in [0, 0.1) is 16.7 Å². The van der Waals surface area contributed by atoms with Gasteiger partial charge in [-0.3, -0.25) is 9.59 Å². The molecule has 2 amide bonds. The van der Waals surface area contributed by atoms with Crippen LogP contribution >= 0.6 is 15.9 Å². The Labute approximate surface area is 127 Å². The maximum Gasteiger partial charge on any atom is 0.240 e. The highest BCUT2D eigenvalue weighted by Gasteiger charge is 2.64. The molecule has 3 rings (SSSR count). The number of halogens is 1. The molecule has 1 aromatic carbocycles. The zero-order valence-corrected chi connectivity index (χ0v) is 13.5. The van der Waals surface area contributed by atoms with Crippen LogP contribution in [0.3, 0.4) is 0 Å². The summed E-state index contributed by atoms with van der Waals surface area (Å²) in [6, 6.07) is 7.41. The molecular weight excluding hydrogens is 318 g/mol. The fourth-order valence-electron chi connectivity index (χ4n) is 3.68. The van der Waals surface area contributed by atoms with Crippen LogP contribution in [0.5, 0.6) is 0 Å². The minimum absolute atomic E-state index is 0.0538. The van der Waals surface area contributed by atoms with Crippen molar-refractivity contribution >= 4 is 33.4 Å². The zero-order chi connectivity index (χ0) is 14.7. The lowest BCUT2D eigenvalue weighted by atomic mass is 9.62. The molecule has 1 aliphatic carbocycles. The van der Waals surface area contributed by atoms with E-state index in [1.807, 2.05) is 31.2 Å². The van der Waals surface area contributed by atoms with Gasteiger partial charge in [0.15, 0.2) is 0 Å². The van der Waals surface area contributed by atoms with Crippen molar-refractivity contribution in [3.8, 4) is 0 Å². The van der Waals surface area contributed by atoms with Crippen LogP contribution < -0.4 is 4.90 Å². The van der Waals surface area contributed by atoms with E-state index >= 15 is 0 Å². The van der Waals surface area contributed by atoms with Crippen LogP contribution in [-0.2, 0) is 9.59 Å². The number of hydrogen-bond donors (Lipinski definition) is 0. The topological polar surface area (TPSA) is 37.4 Å². The quantitative estimate of drug-likeness (QED) is 0.732. The molecule has 1 saturated heterocycles. The van der Waals surface area contributed by atoms with Gasteiger partial charge >= 0.3 is 0 Å². The number of amides is 2. The van der Waals surface area contributed by atoms with Gasteiger partial charge in [0.05, 0.1) is 11.1 Å². The average Bonchev–Trinajstić information content (AvgIpc) is 2.57. The molecule has 2 fully saturated rings. The number of fused-ring (bicyclic) bond motifs is 2. The third-order valence-corrected chi connectivity index (χ3v) is 6.18. The molecule has 20 heavy (non-hydrogen) atoms. The average molecular weight is 336 g/mol. The molecule has 2 unspecified atom stereocenters. The number of benzene rings is 1. The van der Waals surface area contributed by atoms with Crippen molar-refractivity contribution in [3.63, 3.8) is 0 Å². The summed E-state index contributed by atoms with van der Waals surface area (Å²) in [4.78, 5) is 27.2. The van der Waals surface area contributed by atoms with E-state index in [2.05, 4.69) is 29.8 Å². The van der Waals surface area contributed by atoms with Gasteiger partial charge in [0.25, 0.3) is 0 Å². The molecule has 106 valence electrons.